The molecule has 1 aliphatic rings. The Morgan fingerprint density at radius 1 is 1.17 bits per heavy atom. The molecule has 0 aliphatic carbocycles. The first kappa shape index (κ1) is 24.8. The lowest BCUT2D eigenvalue weighted by atomic mass is 10.2. The predicted molar refractivity (Wildman–Crippen MR) is 141 cm³/mol. The van der Waals surface area contributed by atoms with E-state index in [0.717, 1.165) is 5.56 Å². The molecule has 35 heavy (non-hydrogen) atoms. The summed E-state index contributed by atoms with van der Waals surface area (Å²) < 4.78 is 17.2. The Morgan fingerprint density at radius 2 is 1.97 bits per heavy atom. The summed E-state index contributed by atoms with van der Waals surface area (Å²) in [7, 11) is 0. The van der Waals surface area contributed by atoms with Crippen LogP contribution in [-0.2, 0) is 16.1 Å². The molecule has 1 aliphatic heterocycles. The number of amides is 2. The maximum Gasteiger partial charge on any atom is 0.266 e. The first-order valence-electron chi connectivity index (χ1n) is 10.7. The summed E-state index contributed by atoms with van der Waals surface area (Å²) in [6.45, 7) is 2.34. The van der Waals surface area contributed by atoms with Crippen LogP contribution >= 0.6 is 35.6 Å². The fraction of sp³-hybridized carbons (Fsp3) is 0.160. The molecule has 7 nitrogen and oxygen atoms in total. The SMILES string of the molecule is CCOc1cc(/C=C2\SC(=S)N(Cc3ccco3)C2=O)ccc1OCC(=O)Nc1ccc(Cl)cc1. The van der Waals surface area contributed by atoms with Gasteiger partial charge in [-0.05, 0) is 67.1 Å². The van der Waals surface area contributed by atoms with Crippen LogP contribution in [0.25, 0.3) is 6.08 Å². The molecule has 0 saturated carbocycles. The first-order valence-corrected chi connectivity index (χ1v) is 12.3. The number of ether oxygens (including phenoxy) is 2. The van der Waals surface area contributed by atoms with Gasteiger partial charge in [0.15, 0.2) is 18.1 Å². The topological polar surface area (TPSA) is 81.0 Å². The minimum absolute atomic E-state index is 0.187. The van der Waals surface area contributed by atoms with Crippen LogP contribution in [0.2, 0.25) is 5.02 Å². The monoisotopic (exact) mass is 528 g/mol. The van der Waals surface area contributed by atoms with Crippen molar-refractivity contribution < 1.29 is 23.5 Å². The van der Waals surface area contributed by atoms with Crippen molar-refractivity contribution in [2.24, 2.45) is 0 Å². The normalized spacial score (nSPS) is 14.5. The molecule has 0 atom stereocenters. The Bertz CT molecular complexity index is 1260. The van der Waals surface area contributed by atoms with Crippen LogP contribution in [-0.4, -0.2) is 34.2 Å². The summed E-state index contributed by atoms with van der Waals surface area (Å²) in [4.78, 5) is 27.1. The summed E-state index contributed by atoms with van der Waals surface area (Å²) in [5, 5.41) is 3.33. The number of halogens is 1. The first-order chi connectivity index (χ1) is 16.9. The highest BCUT2D eigenvalue weighted by Crippen LogP contribution is 2.35. The number of benzene rings is 2. The highest BCUT2D eigenvalue weighted by atomic mass is 35.5. The van der Waals surface area contributed by atoms with Crippen molar-refractivity contribution >= 4 is 63.5 Å². The maximum absolute atomic E-state index is 12.9. The van der Waals surface area contributed by atoms with Crippen LogP contribution in [0.1, 0.15) is 18.2 Å². The minimum Gasteiger partial charge on any atom is -0.490 e. The standard InChI is InChI=1S/C25H21ClN2O5S2/c1-2-31-21-12-16(13-22-24(30)28(25(34)35-22)14-19-4-3-11-32-19)5-10-20(21)33-15-23(29)27-18-8-6-17(26)7-9-18/h3-13H,2,14-15H2,1H3,(H,27,29)/b22-13-. The third-order valence-electron chi connectivity index (χ3n) is 4.82. The van der Waals surface area contributed by atoms with Gasteiger partial charge in [0.2, 0.25) is 0 Å². The summed E-state index contributed by atoms with van der Waals surface area (Å²) in [6.07, 6.45) is 3.31. The number of nitrogens with one attached hydrogen (secondary N) is 1. The summed E-state index contributed by atoms with van der Waals surface area (Å²) in [6, 6.07) is 15.6. The van der Waals surface area contributed by atoms with Crippen LogP contribution in [0.15, 0.2) is 70.2 Å². The molecule has 0 unspecified atom stereocenters. The molecule has 3 aromatic rings. The molecular formula is C25H21ClN2O5S2. The summed E-state index contributed by atoms with van der Waals surface area (Å²) in [5.74, 6) is 1.03. The molecule has 0 spiro atoms. The van der Waals surface area contributed by atoms with Gasteiger partial charge in [-0.25, -0.2) is 0 Å². The fourth-order valence-electron chi connectivity index (χ4n) is 3.22. The molecule has 1 aromatic heterocycles. The van der Waals surface area contributed by atoms with E-state index in [4.69, 9.17) is 37.7 Å². The number of carbonyl (C=O) groups is 2. The van der Waals surface area contributed by atoms with Gasteiger partial charge in [0.05, 0.1) is 24.3 Å². The number of furan rings is 1. The van der Waals surface area contributed by atoms with E-state index in [1.807, 2.05) is 6.92 Å². The molecule has 1 N–H and O–H groups in total. The predicted octanol–water partition coefficient (Wildman–Crippen LogP) is 5.75. The van der Waals surface area contributed by atoms with Crippen LogP contribution in [0.3, 0.4) is 0 Å². The van der Waals surface area contributed by atoms with Crippen molar-refractivity contribution in [1.82, 2.24) is 4.90 Å². The summed E-state index contributed by atoms with van der Waals surface area (Å²) in [5.41, 5.74) is 1.36. The van der Waals surface area contributed by atoms with Gasteiger partial charge in [0.1, 0.15) is 10.1 Å². The van der Waals surface area contributed by atoms with Crippen LogP contribution in [0.5, 0.6) is 11.5 Å². The average molecular weight is 529 g/mol. The van der Waals surface area contributed by atoms with Crippen LogP contribution < -0.4 is 14.8 Å². The van der Waals surface area contributed by atoms with Gasteiger partial charge in [-0.3, -0.25) is 14.5 Å². The van der Waals surface area contributed by atoms with E-state index < -0.39 is 0 Å². The average Bonchev–Trinajstić information content (AvgIpc) is 3.44. The van der Waals surface area contributed by atoms with Crippen molar-refractivity contribution in [2.75, 3.05) is 18.5 Å². The zero-order valence-electron chi connectivity index (χ0n) is 18.7. The molecule has 2 amide bonds. The molecule has 180 valence electrons. The number of hydrogen-bond donors (Lipinski definition) is 1. The molecule has 0 radical (unpaired) electrons. The third-order valence-corrected chi connectivity index (χ3v) is 6.45. The number of hydrogen-bond acceptors (Lipinski definition) is 7. The number of carbonyl (C=O) groups excluding carboxylic acids is 2. The van der Waals surface area contributed by atoms with Crippen molar-refractivity contribution in [1.29, 1.82) is 0 Å². The van der Waals surface area contributed by atoms with Gasteiger partial charge in [-0.1, -0.05) is 41.6 Å². The number of thiocarbonyl (C=S) groups is 1. The second kappa shape index (κ2) is 11.4. The van der Waals surface area contributed by atoms with Crippen molar-refractivity contribution in [3.05, 3.63) is 82.1 Å². The Hall–Kier alpha value is -3.27. The zero-order chi connectivity index (χ0) is 24.8. The highest BCUT2D eigenvalue weighted by Gasteiger charge is 2.32. The highest BCUT2D eigenvalue weighted by molar-refractivity contribution is 8.26. The van der Waals surface area contributed by atoms with Crippen LogP contribution in [0.4, 0.5) is 5.69 Å². The largest absolute Gasteiger partial charge is 0.490 e. The van der Waals surface area contributed by atoms with Crippen LogP contribution in [0, 0.1) is 0 Å². The van der Waals surface area contributed by atoms with E-state index >= 15 is 0 Å². The Balaban J connectivity index is 1.43. The Kier molecular flexibility index (Phi) is 8.12. The lowest BCUT2D eigenvalue weighted by Gasteiger charge is -2.13. The van der Waals surface area contributed by atoms with E-state index in [1.54, 1.807) is 66.9 Å². The minimum atomic E-state index is -0.320. The van der Waals surface area contributed by atoms with Gasteiger partial charge in [0.25, 0.3) is 11.8 Å². The third kappa shape index (κ3) is 6.45. The maximum atomic E-state index is 12.9. The molecule has 4 rings (SSSR count). The van der Waals surface area contributed by atoms with E-state index in [0.29, 0.717) is 43.8 Å². The molecular weight excluding hydrogens is 508 g/mol. The van der Waals surface area contributed by atoms with E-state index in [-0.39, 0.29) is 25.0 Å². The zero-order valence-corrected chi connectivity index (χ0v) is 21.0. The van der Waals surface area contributed by atoms with Gasteiger partial charge in [-0.15, -0.1) is 0 Å². The molecule has 10 heteroatoms. The lowest BCUT2D eigenvalue weighted by Crippen LogP contribution is -2.27. The number of nitrogens with zero attached hydrogens (tertiary/aromatic N) is 1. The fourth-order valence-corrected chi connectivity index (χ4v) is 4.60. The number of anilines is 1. The van der Waals surface area contributed by atoms with E-state index in [1.165, 1.54) is 16.7 Å². The number of thioether (sulfide) groups is 1. The Labute approximate surface area is 217 Å². The summed E-state index contributed by atoms with van der Waals surface area (Å²) >= 11 is 12.5. The second-order valence-electron chi connectivity index (χ2n) is 7.33. The Morgan fingerprint density at radius 3 is 2.69 bits per heavy atom. The lowest BCUT2D eigenvalue weighted by molar-refractivity contribution is -0.122. The van der Waals surface area contributed by atoms with Crippen molar-refractivity contribution in [3.8, 4) is 11.5 Å². The van der Waals surface area contributed by atoms with Gasteiger partial charge in [-0.2, -0.15) is 0 Å². The van der Waals surface area contributed by atoms with E-state index in [2.05, 4.69) is 5.32 Å². The smallest absolute Gasteiger partial charge is 0.266 e. The number of rotatable bonds is 9. The molecule has 1 fully saturated rings. The van der Waals surface area contributed by atoms with Gasteiger partial charge in [0, 0.05) is 10.7 Å². The van der Waals surface area contributed by atoms with Gasteiger partial charge >= 0.3 is 0 Å². The van der Waals surface area contributed by atoms with Gasteiger partial charge < -0.3 is 19.2 Å². The molecule has 0 bridgehead atoms. The quantitative estimate of drug-likeness (QED) is 0.280. The molecule has 2 aromatic carbocycles. The molecule has 1 saturated heterocycles. The molecule has 2 heterocycles. The van der Waals surface area contributed by atoms with E-state index in [9.17, 15) is 9.59 Å². The van der Waals surface area contributed by atoms with Crippen molar-refractivity contribution in [2.45, 2.75) is 13.5 Å². The van der Waals surface area contributed by atoms with Crippen molar-refractivity contribution in [3.63, 3.8) is 0 Å². The second-order valence-corrected chi connectivity index (χ2v) is 9.44.